The van der Waals surface area contributed by atoms with Gasteiger partial charge in [0.2, 0.25) is 0 Å². The number of fused-ring (bicyclic) bond motifs is 1. The van der Waals surface area contributed by atoms with Crippen LogP contribution < -0.4 is 0 Å². The summed E-state index contributed by atoms with van der Waals surface area (Å²) in [5.41, 5.74) is 0. The second-order valence-corrected chi connectivity index (χ2v) is 5.56. The standard InChI is InChI=1S/C15H22N2O3/c1-3-8-16(9-4-2)15(20)17-10-11-6-5-7-12(11)13(17)14(18)19/h3-4,11-13H,1-2,5-10H2,(H,18,19). The zero-order valence-corrected chi connectivity index (χ0v) is 11.7. The van der Waals surface area contributed by atoms with Crippen LogP contribution in [0.2, 0.25) is 0 Å². The second-order valence-electron chi connectivity index (χ2n) is 5.56. The molecule has 2 aliphatic rings. The summed E-state index contributed by atoms with van der Waals surface area (Å²) in [7, 11) is 0. The van der Waals surface area contributed by atoms with Crippen molar-refractivity contribution in [1.82, 2.24) is 9.80 Å². The Hall–Kier alpha value is -1.78. The Bertz CT molecular complexity index is 411. The number of hydrogen-bond acceptors (Lipinski definition) is 2. The first-order valence-electron chi connectivity index (χ1n) is 7.10. The summed E-state index contributed by atoms with van der Waals surface area (Å²) in [5.74, 6) is -0.426. The Kier molecular flexibility index (Phi) is 4.47. The number of amides is 2. The van der Waals surface area contributed by atoms with Gasteiger partial charge in [0.05, 0.1) is 0 Å². The monoisotopic (exact) mass is 278 g/mol. The van der Waals surface area contributed by atoms with Crippen LogP contribution in [-0.2, 0) is 4.79 Å². The predicted octanol–water partition coefficient (Wildman–Crippen LogP) is 1.97. The van der Waals surface area contributed by atoms with Gasteiger partial charge in [0.1, 0.15) is 6.04 Å². The Labute approximate surface area is 119 Å². The van der Waals surface area contributed by atoms with E-state index in [0.29, 0.717) is 25.6 Å². The summed E-state index contributed by atoms with van der Waals surface area (Å²) in [5, 5.41) is 9.47. The maximum Gasteiger partial charge on any atom is 0.326 e. The highest BCUT2D eigenvalue weighted by Crippen LogP contribution is 2.42. The van der Waals surface area contributed by atoms with Crippen LogP contribution in [0.1, 0.15) is 19.3 Å². The molecule has 3 atom stereocenters. The Morgan fingerprint density at radius 3 is 2.45 bits per heavy atom. The number of carboxylic acid groups (broad SMARTS) is 1. The van der Waals surface area contributed by atoms with E-state index in [4.69, 9.17) is 0 Å². The van der Waals surface area contributed by atoms with Gasteiger partial charge in [-0.25, -0.2) is 9.59 Å². The zero-order valence-electron chi connectivity index (χ0n) is 11.7. The molecule has 0 aromatic carbocycles. The molecule has 0 aromatic rings. The molecule has 0 aromatic heterocycles. The van der Waals surface area contributed by atoms with Crippen molar-refractivity contribution in [2.75, 3.05) is 19.6 Å². The first-order chi connectivity index (χ1) is 9.60. The van der Waals surface area contributed by atoms with Crippen LogP contribution in [0, 0.1) is 11.8 Å². The lowest BCUT2D eigenvalue weighted by atomic mass is 9.94. The molecule has 2 fully saturated rings. The highest BCUT2D eigenvalue weighted by atomic mass is 16.4. The Morgan fingerprint density at radius 2 is 1.90 bits per heavy atom. The number of carbonyl (C=O) groups excluding carboxylic acids is 1. The van der Waals surface area contributed by atoms with Gasteiger partial charge in [-0.2, -0.15) is 0 Å². The van der Waals surface area contributed by atoms with Crippen LogP contribution in [-0.4, -0.2) is 52.6 Å². The fraction of sp³-hybridized carbons (Fsp3) is 0.600. The van der Waals surface area contributed by atoms with E-state index in [1.165, 1.54) is 4.90 Å². The topological polar surface area (TPSA) is 60.9 Å². The average molecular weight is 278 g/mol. The van der Waals surface area contributed by atoms with Crippen molar-refractivity contribution in [1.29, 1.82) is 0 Å². The summed E-state index contributed by atoms with van der Waals surface area (Å²) in [6, 6.07) is -0.890. The molecular weight excluding hydrogens is 256 g/mol. The summed E-state index contributed by atoms with van der Waals surface area (Å²) in [4.78, 5) is 27.2. The summed E-state index contributed by atoms with van der Waals surface area (Å²) < 4.78 is 0. The molecule has 1 heterocycles. The molecule has 110 valence electrons. The largest absolute Gasteiger partial charge is 0.480 e. The first kappa shape index (κ1) is 14.6. The smallest absolute Gasteiger partial charge is 0.326 e. The molecule has 0 radical (unpaired) electrons. The Morgan fingerprint density at radius 1 is 1.25 bits per heavy atom. The van der Waals surface area contributed by atoms with Gasteiger partial charge in [0, 0.05) is 19.6 Å². The molecule has 1 N–H and O–H groups in total. The SMILES string of the molecule is C=CCN(CC=C)C(=O)N1CC2CCCC2C1C(=O)O. The van der Waals surface area contributed by atoms with E-state index in [0.717, 1.165) is 19.3 Å². The molecule has 1 saturated carbocycles. The summed E-state index contributed by atoms with van der Waals surface area (Å²) >= 11 is 0. The minimum Gasteiger partial charge on any atom is -0.480 e. The maximum absolute atomic E-state index is 12.6. The summed E-state index contributed by atoms with van der Waals surface area (Å²) in [6.45, 7) is 8.65. The van der Waals surface area contributed by atoms with Crippen molar-refractivity contribution in [2.24, 2.45) is 11.8 Å². The summed E-state index contributed by atoms with van der Waals surface area (Å²) in [6.07, 6.45) is 6.31. The molecule has 1 aliphatic heterocycles. The van der Waals surface area contributed by atoms with Crippen LogP contribution in [0.5, 0.6) is 0 Å². The third-order valence-electron chi connectivity index (χ3n) is 4.36. The van der Waals surface area contributed by atoms with Crippen LogP contribution >= 0.6 is 0 Å². The molecule has 5 nitrogen and oxygen atoms in total. The minimum absolute atomic E-state index is 0.116. The lowest BCUT2D eigenvalue weighted by Crippen LogP contribution is -2.49. The molecule has 5 heteroatoms. The number of urea groups is 1. The lowest BCUT2D eigenvalue weighted by Gasteiger charge is -2.30. The molecule has 1 aliphatic carbocycles. The second kappa shape index (κ2) is 6.11. The van der Waals surface area contributed by atoms with Crippen LogP contribution in [0.4, 0.5) is 4.79 Å². The molecule has 1 saturated heterocycles. The lowest BCUT2D eigenvalue weighted by molar-refractivity contribution is -0.142. The van der Waals surface area contributed by atoms with Gasteiger partial charge < -0.3 is 14.9 Å². The van der Waals surface area contributed by atoms with Crippen molar-refractivity contribution in [3.63, 3.8) is 0 Å². The number of aliphatic carboxylic acids is 1. The van der Waals surface area contributed by atoms with E-state index in [1.54, 1.807) is 17.1 Å². The number of nitrogens with zero attached hydrogens (tertiary/aromatic N) is 2. The number of rotatable bonds is 5. The molecular formula is C15H22N2O3. The molecule has 3 unspecified atom stereocenters. The van der Waals surface area contributed by atoms with E-state index in [1.807, 2.05) is 0 Å². The third-order valence-corrected chi connectivity index (χ3v) is 4.36. The van der Waals surface area contributed by atoms with Crippen molar-refractivity contribution in [3.8, 4) is 0 Å². The fourth-order valence-electron chi connectivity index (χ4n) is 3.54. The predicted molar refractivity (Wildman–Crippen MR) is 76.3 cm³/mol. The van der Waals surface area contributed by atoms with Gasteiger partial charge in [-0.05, 0) is 24.7 Å². The normalized spacial score (nSPS) is 28.0. The molecule has 20 heavy (non-hydrogen) atoms. The van der Waals surface area contributed by atoms with Crippen LogP contribution in [0.3, 0.4) is 0 Å². The van der Waals surface area contributed by atoms with Crippen molar-refractivity contribution in [2.45, 2.75) is 25.3 Å². The van der Waals surface area contributed by atoms with Crippen LogP contribution in [0.15, 0.2) is 25.3 Å². The average Bonchev–Trinajstić information content (AvgIpc) is 2.96. The van der Waals surface area contributed by atoms with Gasteiger partial charge in [-0.1, -0.05) is 18.6 Å². The van der Waals surface area contributed by atoms with E-state index in [-0.39, 0.29) is 11.9 Å². The number of carboxylic acids is 1. The fourth-order valence-corrected chi connectivity index (χ4v) is 3.54. The zero-order chi connectivity index (χ0) is 14.7. The van der Waals surface area contributed by atoms with E-state index in [9.17, 15) is 14.7 Å². The van der Waals surface area contributed by atoms with E-state index >= 15 is 0 Å². The van der Waals surface area contributed by atoms with Crippen molar-refractivity contribution < 1.29 is 14.7 Å². The van der Waals surface area contributed by atoms with Gasteiger partial charge in [0.15, 0.2) is 0 Å². The molecule has 2 rings (SSSR count). The van der Waals surface area contributed by atoms with Gasteiger partial charge in [-0.15, -0.1) is 13.2 Å². The maximum atomic E-state index is 12.6. The van der Waals surface area contributed by atoms with Crippen LogP contribution in [0.25, 0.3) is 0 Å². The minimum atomic E-state index is -0.884. The molecule has 2 amide bonds. The highest BCUT2D eigenvalue weighted by Gasteiger charge is 2.50. The third kappa shape index (κ3) is 2.57. The van der Waals surface area contributed by atoms with Crippen molar-refractivity contribution in [3.05, 3.63) is 25.3 Å². The van der Waals surface area contributed by atoms with E-state index in [2.05, 4.69) is 13.2 Å². The molecule has 0 bridgehead atoms. The van der Waals surface area contributed by atoms with Gasteiger partial charge in [0.25, 0.3) is 0 Å². The number of hydrogen-bond donors (Lipinski definition) is 1. The van der Waals surface area contributed by atoms with Gasteiger partial charge >= 0.3 is 12.0 Å². The van der Waals surface area contributed by atoms with Crippen molar-refractivity contribution >= 4 is 12.0 Å². The molecule has 0 spiro atoms. The Balaban J connectivity index is 2.17. The number of likely N-dealkylation sites (tertiary alicyclic amines) is 1. The van der Waals surface area contributed by atoms with E-state index < -0.39 is 12.0 Å². The number of carbonyl (C=O) groups is 2. The quantitative estimate of drug-likeness (QED) is 0.782. The highest BCUT2D eigenvalue weighted by molar-refractivity contribution is 5.84. The first-order valence-corrected chi connectivity index (χ1v) is 7.10. The van der Waals surface area contributed by atoms with Gasteiger partial charge in [-0.3, -0.25) is 0 Å².